The third kappa shape index (κ3) is 7.84. The van der Waals surface area contributed by atoms with E-state index in [1.165, 1.54) is 18.5 Å². The lowest BCUT2D eigenvalue weighted by Crippen LogP contribution is -2.45. The zero-order chi connectivity index (χ0) is 29.5. The number of hydrazine groups is 1. The van der Waals surface area contributed by atoms with Crippen LogP contribution in [0, 0.1) is 5.92 Å². The first-order valence-electron chi connectivity index (χ1n) is 13.7. The van der Waals surface area contributed by atoms with E-state index in [9.17, 15) is 17.6 Å². The molecule has 1 aliphatic carbocycles. The lowest BCUT2D eigenvalue weighted by atomic mass is 10.1. The number of alkyl halides is 4. The van der Waals surface area contributed by atoms with E-state index in [-0.39, 0.29) is 48.2 Å². The first-order valence-corrected chi connectivity index (χ1v) is 13.7. The molecule has 2 aliphatic rings. The van der Waals surface area contributed by atoms with Gasteiger partial charge in [0.05, 0.1) is 37.2 Å². The predicted molar refractivity (Wildman–Crippen MR) is 145 cm³/mol. The van der Waals surface area contributed by atoms with Gasteiger partial charge in [0, 0.05) is 49.2 Å². The minimum absolute atomic E-state index is 0.0634. The van der Waals surface area contributed by atoms with Gasteiger partial charge in [-0.15, -0.1) is 0 Å². The molecule has 2 fully saturated rings. The number of rotatable bonds is 15. The van der Waals surface area contributed by atoms with Crippen LogP contribution in [-0.4, -0.2) is 55.7 Å². The van der Waals surface area contributed by atoms with E-state index in [0.717, 1.165) is 24.8 Å². The Kier molecular flexibility index (Phi) is 9.67. The van der Waals surface area contributed by atoms with E-state index < -0.39 is 13.2 Å². The second-order valence-electron chi connectivity index (χ2n) is 9.89. The number of hydrogen-bond donors (Lipinski definition) is 0. The number of nitrogens with zero attached hydrogens (tertiary/aromatic N) is 4. The highest BCUT2D eigenvalue weighted by atomic mass is 19.3. The van der Waals surface area contributed by atoms with Crippen LogP contribution in [0.15, 0.2) is 55.1 Å². The molecule has 2 aromatic carbocycles. The Bertz CT molecular complexity index is 1300. The molecule has 9 nitrogen and oxygen atoms in total. The quantitative estimate of drug-likeness (QED) is 0.154. The Labute approximate surface area is 240 Å². The molecular weight excluding hydrogens is 560 g/mol. The van der Waals surface area contributed by atoms with E-state index in [1.54, 1.807) is 43.6 Å². The highest BCUT2D eigenvalue weighted by Gasteiger charge is 2.29. The van der Waals surface area contributed by atoms with Gasteiger partial charge >= 0.3 is 13.2 Å². The number of hydrogen-bond acceptors (Lipinski definition) is 9. The molecule has 2 heterocycles. The third-order valence-electron chi connectivity index (χ3n) is 6.69. The average molecular weight is 593 g/mol. The monoisotopic (exact) mass is 592 g/mol. The van der Waals surface area contributed by atoms with Gasteiger partial charge in [-0.25, -0.2) is 9.97 Å². The normalized spacial score (nSPS) is 16.5. The van der Waals surface area contributed by atoms with E-state index in [1.807, 2.05) is 10.0 Å². The van der Waals surface area contributed by atoms with Crippen LogP contribution in [0.2, 0.25) is 0 Å². The number of aromatic nitrogens is 2. The Balaban J connectivity index is 1.59. The molecule has 5 rings (SSSR count). The highest BCUT2D eigenvalue weighted by Crippen LogP contribution is 2.40. The summed E-state index contributed by atoms with van der Waals surface area (Å²) in [6.07, 6.45) is 7.18. The highest BCUT2D eigenvalue weighted by molar-refractivity contribution is 5.64. The molecule has 0 bridgehead atoms. The second-order valence-corrected chi connectivity index (χ2v) is 9.89. The fourth-order valence-corrected chi connectivity index (χ4v) is 4.64. The summed E-state index contributed by atoms with van der Waals surface area (Å²) in [5.74, 6) is 0.354. The Morgan fingerprint density at radius 3 is 2.10 bits per heavy atom. The summed E-state index contributed by atoms with van der Waals surface area (Å²) in [5.41, 5.74) is 2.01. The first kappa shape index (κ1) is 29.5. The molecule has 1 saturated heterocycles. The smallest absolute Gasteiger partial charge is 0.387 e. The molecule has 1 aromatic heterocycles. The standard InChI is InChI=1S/C29H32F4N4O5/c1-2-39-26-11-21(3-7-24(26)41-28(30)31)36(15-19-9-10-38-17-19)37(16-20-13-34-18-35-14-20)22-4-8-25(42-29(32)33)27(12-22)40-23-5-6-23/h3-4,7-8,11-14,18-19,23,28-29H,2,5-6,9-10,15-17H2,1H3. The molecule has 0 N–H and O–H groups in total. The van der Waals surface area contributed by atoms with Gasteiger partial charge in [0.15, 0.2) is 23.0 Å². The van der Waals surface area contributed by atoms with Crippen LogP contribution >= 0.6 is 0 Å². The Morgan fingerprint density at radius 1 is 0.857 bits per heavy atom. The van der Waals surface area contributed by atoms with Gasteiger partial charge in [-0.2, -0.15) is 17.6 Å². The van der Waals surface area contributed by atoms with Gasteiger partial charge in [0.25, 0.3) is 0 Å². The second kappa shape index (κ2) is 13.8. The molecule has 1 aliphatic heterocycles. The topological polar surface area (TPSA) is 78.4 Å². The van der Waals surface area contributed by atoms with Crippen molar-refractivity contribution < 1.29 is 41.2 Å². The van der Waals surface area contributed by atoms with Gasteiger partial charge < -0.3 is 23.7 Å². The maximum Gasteiger partial charge on any atom is 0.387 e. The van der Waals surface area contributed by atoms with Crippen LogP contribution in [0.5, 0.6) is 23.0 Å². The fraction of sp³-hybridized carbons (Fsp3) is 0.448. The van der Waals surface area contributed by atoms with Gasteiger partial charge in [0.1, 0.15) is 6.33 Å². The van der Waals surface area contributed by atoms with Crippen molar-refractivity contribution in [2.24, 2.45) is 5.92 Å². The molecule has 226 valence electrons. The lowest BCUT2D eigenvalue weighted by Gasteiger charge is -2.40. The largest absolute Gasteiger partial charge is 0.490 e. The summed E-state index contributed by atoms with van der Waals surface area (Å²) in [4.78, 5) is 8.29. The van der Waals surface area contributed by atoms with Crippen molar-refractivity contribution in [3.63, 3.8) is 0 Å². The Hall–Kier alpha value is -4.00. The van der Waals surface area contributed by atoms with Crippen LogP contribution < -0.4 is 29.0 Å². The number of benzene rings is 2. The van der Waals surface area contributed by atoms with E-state index in [0.29, 0.717) is 31.1 Å². The summed E-state index contributed by atoms with van der Waals surface area (Å²) in [6, 6.07) is 9.53. The maximum absolute atomic E-state index is 13.2. The van der Waals surface area contributed by atoms with Crippen molar-refractivity contribution in [3.8, 4) is 23.0 Å². The van der Waals surface area contributed by atoms with Gasteiger partial charge in [-0.05, 0) is 50.5 Å². The summed E-state index contributed by atoms with van der Waals surface area (Å²) >= 11 is 0. The molecule has 0 radical (unpaired) electrons. The van der Waals surface area contributed by atoms with Gasteiger partial charge in [0.2, 0.25) is 0 Å². The molecule has 3 aromatic rings. The van der Waals surface area contributed by atoms with Crippen molar-refractivity contribution >= 4 is 11.4 Å². The SMILES string of the molecule is CCOc1cc(N(CC2CCOC2)N(Cc2cncnc2)c2ccc(OC(F)F)c(OC3CC3)c2)ccc1OC(F)F. The zero-order valence-electron chi connectivity index (χ0n) is 23.0. The third-order valence-corrected chi connectivity index (χ3v) is 6.69. The predicted octanol–water partition coefficient (Wildman–Crippen LogP) is 6.08. The van der Waals surface area contributed by atoms with Gasteiger partial charge in [-0.3, -0.25) is 10.0 Å². The first-order chi connectivity index (χ1) is 20.4. The summed E-state index contributed by atoms with van der Waals surface area (Å²) in [7, 11) is 0. The number of ether oxygens (including phenoxy) is 5. The van der Waals surface area contributed by atoms with Crippen molar-refractivity contribution in [3.05, 3.63) is 60.7 Å². The minimum atomic E-state index is -3.02. The van der Waals surface area contributed by atoms with Gasteiger partial charge in [-0.1, -0.05) is 0 Å². The summed E-state index contributed by atoms with van der Waals surface area (Å²) in [5, 5.41) is 3.91. The molecule has 42 heavy (non-hydrogen) atoms. The fourth-order valence-electron chi connectivity index (χ4n) is 4.64. The zero-order valence-corrected chi connectivity index (χ0v) is 23.0. The van der Waals surface area contributed by atoms with Crippen LogP contribution in [0.4, 0.5) is 28.9 Å². The number of halogens is 4. The Morgan fingerprint density at radius 2 is 1.50 bits per heavy atom. The number of anilines is 2. The summed E-state index contributed by atoms with van der Waals surface area (Å²) in [6.45, 7) is -2.11. The van der Waals surface area contributed by atoms with Crippen molar-refractivity contribution in [2.75, 3.05) is 36.4 Å². The molecule has 1 saturated carbocycles. The van der Waals surface area contributed by atoms with Crippen molar-refractivity contribution in [2.45, 2.75) is 52.1 Å². The van der Waals surface area contributed by atoms with Crippen LogP contribution in [0.25, 0.3) is 0 Å². The molecule has 0 amide bonds. The molecule has 0 spiro atoms. The maximum atomic E-state index is 13.2. The van der Waals surface area contributed by atoms with E-state index in [4.69, 9.17) is 23.7 Å². The molecule has 1 unspecified atom stereocenters. The average Bonchev–Trinajstić information content (AvgIpc) is 3.63. The summed E-state index contributed by atoms with van der Waals surface area (Å²) < 4.78 is 79.3. The molecule has 13 heteroatoms. The van der Waals surface area contributed by atoms with E-state index >= 15 is 0 Å². The van der Waals surface area contributed by atoms with Crippen LogP contribution in [0.1, 0.15) is 31.7 Å². The van der Waals surface area contributed by atoms with Crippen LogP contribution in [0.3, 0.4) is 0 Å². The van der Waals surface area contributed by atoms with Crippen molar-refractivity contribution in [1.29, 1.82) is 0 Å². The molecule has 1 atom stereocenters. The minimum Gasteiger partial charge on any atom is -0.490 e. The lowest BCUT2D eigenvalue weighted by molar-refractivity contribution is -0.0521. The molecular formula is C29H32F4N4O5. The van der Waals surface area contributed by atoms with Crippen molar-refractivity contribution in [1.82, 2.24) is 9.97 Å². The van der Waals surface area contributed by atoms with Crippen LogP contribution in [-0.2, 0) is 11.3 Å². The van der Waals surface area contributed by atoms with E-state index in [2.05, 4.69) is 9.97 Å².